The van der Waals surface area contributed by atoms with Crippen molar-refractivity contribution in [1.82, 2.24) is 5.32 Å². The molecule has 0 bridgehead atoms. The van der Waals surface area contributed by atoms with E-state index < -0.39 is 5.92 Å². The van der Waals surface area contributed by atoms with Gasteiger partial charge in [-0.05, 0) is 80.3 Å². The van der Waals surface area contributed by atoms with Crippen molar-refractivity contribution in [2.24, 2.45) is 0 Å². The van der Waals surface area contributed by atoms with E-state index in [2.05, 4.69) is 5.32 Å². The van der Waals surface area contributed by atoms with E-state index in [4.69, 9.17) is 21.1 Å². The number of ketones is 1. The average Bonchev–Trinajstić information content (AvgIpc) is 3.36. The Morgan fingerprint density at radius 3 is 2.29 bits per heavy atom. The predicted molar refractivity (Wildman–Crippen MR) is 135 cm³/mol. The summed E-state index contributed by atoms with van der Waals surface area (Å²) in [5, 5.41) is 4.04. The highest BCUT2D eigenvalue weighted by Gasteiger charge is 2.42. The number of carbonyl (C=O) groups excluding carboxylic acids is 2. The van der Waals surface area contributed by atoms with Gasteiger partial charge in [0, 0.05) is 34.3 Å². The number of allylic oxidation sites excluding steroid dienone is 3. The molecular formula is C29H30ClNO4. The first-order chi connectivity index (χ1) is 16.9. The molecule has 0 radical (unpaired) electrons. The molecule has 2 aliphatic carbocycles. The summed E-state index contributed by atoms with van der Waals surface area (Å²) in [6.07, 6.45) is 4.98. The second kappa shape index (κ2) is 9.90. The van der Waals surface area contributed by atoms with E-state index in [1.807, 2.05) is 55.5 Å². The molecule has 0 spiro atoms. The number of carbonyl (C=O) groups is 2. The molecule has 3 aliphatic rings. The second-order valence-corrected chi connectivity index (χ2v) is 10.1. The summed E-state index contributed by atoms with van der Waals surface area (Å²) in [6.45, 7) is 1.90. The van der Waals surface area contributed by atoms with Crippen LogP contribution in [0.15, 0.2) is 71.1 Å². The third-order valence-corrected chi connectivity index (χ3v) is 7.67. The summed E-state index contributed by atoms with van der Waals surface area (Å²) in [5.41, 5.74) is 4.79. The first-order valence-corrected chi connectivity index (χ1v) is 12.7. The minimum Gasteiger partial charge on any atom is -0.497 e. The summed E-state index contributed by atoms with van der Waals surface area (Å²) in [4.78, 5) is 27.1. The average molecular weight is 492 g/mol. The largest absolute Gasteiger partial charge is 0.497 e. The normalized spacial score (nSPS) is 22.7. The van der Waals surface area contributed by atoms with Gasteiger partial charge >= 0.3 is 5.97 Å². The fourth-order valence-electron chi connectivity index (χ4n) is 5.63. The Labute approximate surface area is 211 Å². The Bertz CT molecular complexity index is 1190. The number of hydrogen-bond acceptors (Lipinski definition) is 5. The summed E-state index contributed by atoms with van der Waals surface area (Å²) in [7, 11) is 1.64. The Morgan fingerprint density at radius 1 is 0.971 bits per heavy atom. The Kier molecular flexibility index (Phi) is 6.70. The van der Waals surface area contributed by atoms with Gasteiger partial charge in [0.05, 0.1) is 12.7 Å². The molecule has 5 rings (SSSR count). The highest BCUT2D eigenvalue weighted by Crippen LogP contribution is 2.46. The molecule has 1 fully saturated rings. The molecule has 1 aliphatic heterocycles. The van der Waals surface area contributed by atoms with Crippen LogP contribution >= 0.6 is 11.6 Å². The third kappa shape index (κ3) is 4.74. The fraction of sp³-hybridized carbons (Fsp3) is 0.379. The number of benzene rings is 2. The van der Waals surface area contributed by atoms with Crippen LogP contribution in [0, 0.1) is 0 Å². The quantitative estimate of drug-likeness (QED) is 0.505. The van der Waals surface area contributed by atoms with Gasteiger partial charge in [0.1, 0.15) is 11.9 Å². The molecule has 1 N–H and O–H groups in total. The first-order valence-electron chi connectivity index (χ1n) is 12.3. The van der Waals surface area contributed by atoms with E-state index in [1.165, 1.54) is 0 Å². The molecule has 6 heteroatoms. The van der Waals surface area contributed by atoms with Gasteiger partial charge in [-0.1, -0.05) is 35.9 Å². The zero-order valence-electron chi connectivity index (χ0n) is 20.1. The number of methoxy groups -OCH3 is 1. The van der Waals surface area contributed by atoms with E-state index in [1.54, 1.807) is 7.11 Å². The van der Waals surface area contributed by atoms with E-state index >= 15 is 0 Å². The molecule has 0 saturated heterocycles. The highest BCUT2D eigenvalue weighted by atomic mass is 35.5. The van der Waals surface area contributed by atoms with Crippen LogP contribution in [0.3, 0.4) is 0 Å². The smallest absolute Gasteiger partial charge is 0.337 e. The number of esters is 1. The van der Waals surface area contributed by atoms with E-state index in [9.17, 15) is 9.59 Å². The maximum absolute atomic E-state index is 13.7. The zero-order valence-corrected chi connectivity index (χ0v) is 20.9. The number of rotatable bonds is 5. The maximum Gasteiger partial charge on any atom is 0.337 e. The van der Waals surface area contributed by atoms with E-state index in [-0.39, 0.29) is 23.8 Å². The standard InChI is InChI=1S/C29H30ClNO4/c1-17-26(29(33)35-23-5-3-4-6-23)27(19-7-11-21(30)12-8-19)28-24(31-17)15-20(16-25(28)32)18-9-13-22(34-2)14-10-18/h7-14,20,23,27,31H,3-6,15-16H2,1-2H3/t20-,27+/m1/s1. The molecule has 35 heavy (non-hydrogen) atoms. The van der Waals surface area contributed by atoms with Gasteiger partial charge in [-0.15, -0.1) is 0 Å². The summed E-state index contributed by atoms with van der Waals surface area (Å²) < 4.78 is 11.2. The molecule has 2 aromatic carbocycles. The van der Waals surface area contributed by atoms with Crippen LogP contribution in [-0.2, 0) is 14.3 Å². The molecule has 5 nitrogen and oxygen atoms in total. The Hall–Kier alpha value is -3.05. The first kappa shape index (κ1) is 23.7. The van der Waals surface area contributed by atoms with Crippen molar-refractivity contribution in [2.45, 2.75) is 63.4 Å². The predicted octanol–water partition coefficient (Wildman–Crippen LogP) is 6.20. The molecule has 182 valence electrons. The molecule has 1 saturated carbocycles. The lowest BCUT2D eigenvalue weighted by molar-refractivity contribution is -0.144. The molecule has 0 unspecified atom stereocenters. The molecule has 0 amide bonds. The SMILES string of the molecule is COc1ccc([C@H]2CC(=O)C3=C(C2)NC(C)=C(C(=O)OC2CCCC2)[C@@H]3c2ccc(Cl)cc2)cc1. The summed E-state index contributed by atoms with van der Waals surface area (Å²) >= 11 is 6.16. The fourth-order valence-corrected chi connectivity index (χ4v) is 5.76. The number of ether oxygens (including phenoxy) is 2. The van der Waals surface area contributed by atoms with Crippen LogP contribution in [0.4, 0.5) is 0 Å². The van der Waals surface area contributed by atoms with Crippen molar-refractivity contribution < 1.29 is 19.1 Å². The Morgan fingerprint density at radius 2 is 1.63 bits per heavy atom. The van der Waals surface area contributed by atoms with Gasteiger partial charge in [0.25, 0.3) is 0 Å². The van der Waals surface area contributed by atoms with Crippen molar-refractivity contribution in [2.75, 3.05) is 7.11 Å². The van der Waals surface area contributed by atoms with Crippen LogP contribution in [0.1, 0.15) is 68.4 Å². The van der Waals surface area contributed by atoms with Crippen molar-refractivity contribution in [3.63, 3.8) is 0 Å². The van der Waals surface area contributed by atoms with Crippen molar-refractivity contribution in [1.29, 1.82) is 0 Å². The topological polar surface area (TPSA) is 64.6 Å². The van der Waals surface area contributed by atoms with Gasteiger partial charge in [0.2, 0.25) is 0 Å². The second-order valence-electron chi connectivity index (χ2n) is 9.65. The number of dihydropyridines is 1. The van der Waals surface area contributed by atoms with Crippen molar-refractivity contribution in [3.8, 4) is 5.75 Å². The van der Waals surface area contributed by atoms with Crippen LogP contribution < -0.4 is 10.1 Å². The van der Waals surface area contributed by atoms with Gasteiger partial charge in [-0.3, -0.25) is 4.79 Å². The lowest BCUT2D eigenvalue weighted by atomic mass is 9.71. The molecule has 0 aromatic heterocycles. The molecule has 1 heterocycles. The molecule has 2 aromatic rings. The summed E-state index contributed by atoms with van der Waals surface area (Å²) in [5.74, 6) is 0.0993. The van der Waals surface area contributed by atoms with Gasteiger partial charge in [0.15, 0.2) is 5.78 Å². The minimum absolute atomic E-state index is 0.0504. The lowest BCUT2D eigenvalue weighted by Gasteiger charge is -2.37. The zero-order chi connectivity index (χ0) is 24.5. The molecular weight excluding hydrogens is 462 g/mol. The third-order valence-electron chi connectivity index (χ3n) is 7.41. The maximum atomic E-state index is 13.7. The molecule has 2 atom stereocenters. The van der Waals surface area contributed by atoms with Crippen LogP contribution in [0.2, 0.25) is 5.02 Å². The lowest BCUT2D eigenvalue weighted by Crippen LogP contribution is -2.36. The minimum atomic E-state index is -0.471. The van der Waals surface area contributed by atoms with Crippen molar-refractivity contribution in [3.05, 3.63) is 87.2 Å². The van der Waals surface area contributed by atoms with Crippen LogP contribution in [0.5, 0.6) is 5.75 Å². The monoisotopic (exact) mass is 491 g/mol. The highest BCUT2D eigenvalue weighted by molar-refractivity contribution is 6.30. The van der Waals surface area contributed by atoms with Gasteiger partial charge in [-0.2, -0.15) is 0 Å². The summed E-state index contributed by atoms with van der Waals surface area (Å²) in [6, 6.07) is 15.3. The van der Waals surface area contributed by atoms with Gasteiger partial charge < -0.3 is 14.8 Å². The number of halogens is 1. The van der Waals surface area contributed by atoms with Crippen molar-refractivity contribution >= 4 is 23.4 Å². The number of nitrogens with one attached hydrogen (secondary N) is 1. The Balaban J connectivity index is 1.51. The number of Topliss-reactive ketones (excluding diaryl/α,β-unsaturated/α-hetero) is 1. The van der Waals surface area contributed by atoms with E-state index in [0.717, 1.165) is 54.0 Å². The van der Waals surface area contributed by atoms with E-state index in [0.29, 0.717) is 29.0 Å². The number of hydrogen-bond donors (Lipinski definition) is 1. The van der Waals surface area contributed by atoms with Gasteiger partial charge in [-0.25, -0.2) is 4.79 Å². The van der Waals surface area contributed by atoms with Crippen LogP contribution in [-0.4, -0.2) is 25.0 Å². The van der Waals surface area contributed by atoms with Crippen LogP contribution in [0.25, 0.3) is 0 Å².